The highest BCUT2D eigenvalue weighted by atomic mass is 19.1. The predicted octanol–water partition coefficient (Wildman–Crippen LogP) is 6.23. The quantitative estimate of drug-likeness (QED) is 0.248. The van der Waals surface area contributed by atoms with Gasteiger partial charge in [-0.2, -0.15) is 4.98 Å². The van der Waals surface area contributed by atoms with Crippen molar-refractivity contribution in [3.63, 3.8) is 0 Å². The van der Waals surface area contributed by atoms with Crippen LogP contribution in [-0.4, -0.2) is 9.55 Å². The Morgan fingerprint density at radius 2 is 1.56 bits per heavy atom. The number of hydrogen-bond donors (Lipinski definition) is 0. The largest absolute Gasteiger partial charge is 0.473 e. The summed E-state index contributed by atoms with van der Waals surface area (Å²) in [5.74, 6) is -0.529. The van der Waals surface area contributed by atoms with E-state index in [1.165, 1.54) is 10.6 Å². The van der Waals surface area contributed by atoms with Crippen LogP contribution >= 0.6 is 0 Å². The molecule has 0 bridgehead atoms. The molecule has 3 aromatic carbocycles. The number of hydrogen-bond acceptors (Lipinski definition) is 5. The molecule has 5 aromatic rings. The topological polar surface area (TPSA) is 66.5 Å². The number of halogens is 1. The van der Waals surface area contributed by atoms with E-state index in [4.69, 9.17) is 13.9 Å². The van der Waals surface area contributed by atoms with Crippen molar-refractivity contribution in [1.82, 2.24) is 9.55 Å². The van der Waals surface area contributed by atoms with Gasteiger partial charge in [-0.3, -0.25) is 0 Å². The summed E-state index contributed by atoms with van der Waals surface area (Å²) in [6.07, 6.45) is 1.33. The molecule has 0 aliphatic carbocycles. The molecule has 7 heteroatoms. The van der Waals surface area contributed by atoms with Crippen LogP contribution in [0.3, 0.4) is 0 Å². The van der Waals surface area contributed by atoms with Crippen LogP contribution in [0.15, 0.2) is 94.1 Å². The van der Waals surface area contributed by atoms with E-state index in [0.29, 0.717) is 41.3 Å². The minimum atomic E-state index is -0.651. The van der Waals surface area contributed by atoms with Crippen molar-refractivity contribution < 1.29 is 18.3 Å². The highest BCUT2D eigenvalue weighted by Gasteiger charge is 2.20. The second-order valence-electron chi connectivity index (χ2n) is 8.39. The average molecular weight is 485 g/mol. The summed E-state index contributed by atoms with van der Waals surface area (Å²) in [4.78, 5) is 17.4. The lowest BCUT2D eigenvalue weighted by Gasteiger charge is -2.13. The Bertz CT molecular complexity index is 1530. The third-order valence-electron chi connectivity index (χ3n) is 5.77. The molecule has 2 aromatic heterocycles. The maximum Gasteiger partial charge on any atom is 0.424 e. The van der Waals surface area contributed by atoms with Gasteiger partial charge >= 0.3 is 5.76 Å². The molecule has 182 valence electrons. The summed E-state index contributed by atoms with van der Waals surface area (Å²) in [6.45, 7) is 2.52. The molecule has 0 atom stereocenters. The lowest BCUT2D eigenvalue weighted by Crippen LogP contribution is -2.14. The number of pyridine rings is 1. The number of nitrogens with zero attached hydrogens (tertiary/aromatic N) is 2. The van der Waals surface area contributed by atoms with Gasteiger partial charge in [-0.15, -0.1) is 0 Å². The number of oxazole rings is 1. The Morgan fingerprint density at radius 3 is 2.22 bits per heavy atom. The Kier molecular flexibility index (Phi) is 6.80. The predicted molar refractivity (Wildman–Crippen MR) is 135 cm³/mol. The molecule has 2 heterocycles. The number of aromatic nitrogens is 2. The molecule has 0 aliphatic heterocycles. The van der Waals surface area contributed by atoms with Gasteiger partial charge in [0.2, 0.25) is 11.8 Å². The molecule has 0 saturated heterocycles. The van der Waals surface area contributed by atoms with Crippen LogP contribution in [0.25, 0.3) is 16.8 Å². The number of fused-ring (bicyclic) bond motifs is 1. The average Bonchev–Trinajstić information content (AvgIpc) is 3.22. The zero-order valence-electron chi connectivity index (χ0n) is 19.8. The van der Waals surface area contributed by atoms with E-state index in [1.54, 1.807) is 18.2 Å². The van der Waals surface area contributed by atoms with E-state index in [1.807, 2.05) is 67.6 Å². The van der Waals surface area contributed by atoms with Crippen molar-refractivity contribution in [2.75, 3.05) is 0 Å². The second-order valence-corrected chi connectivity index (χ2v) is 8.39. The van der Waals surface area contributed by atoms with Crippen molar-refractivity contribution in [3.05, 3.63) is 118 Å². The first-order chi connectivity index (χ1) is 17.6. The minimum Gasteiger partial charge on any atom is -0.473 e. The maximum absolute atomic E-state index is 14.8. The molecule has 6 nitrogen and oxygen atoms in total. The van der Waals surface area contributed by atoms with Gasteiger partial charge in [0.1, 0.15) is 24.7 Å². The monoisotopic (exact) mass is 484 g/mol. The molecule has 0 saturated carbocycles. The van der Waals surface area contributed by atoms with E-state index >= 15 is 0 Å². The van der Waals surface area contributed by atoms with Crippen LogP contribution in [-0.2, 0) is 19.6 Å². The van der Waals surface area contributed by atoms with E-state index in [9.17, 15) is 9.18 Å². The van der Waals surface area contributed by atoms with Gasteiger partial charge in [0.15, 0.2) is 5.58 Å². The SMILES string of the molecule is CCCc1cc2oc(=O)n(-c3ccc(OCc4ccccc4)nc3OCc3ccccc3)c2cc1F. The number of benzene rings is 3. The summed E-state index contributed by atoms with van der Waals surface area (Å²) in [5, 5.41) is 0. The van der Waals surface area contributed by atoms with Crippen molar-refractivity contribution >= 4 is 11.1 Å². The first-order valence-corrected chi connectivity index (χ1v) is 11.8. The van der Waals surface area contributed by atoms with Crippen molar-refractivity contribution in [2.24, 2.45) is 0 Å². The summed E-state index contributed by atoms with van der Waals surface area (Å²) in [7, 11) is 0. The van der Waals surface area contributed by atoms with Crippen LogP contribution in [0.4, 0.5) is 4.39 Å². The van der Waals surface area contributed by atoms with Crippen molar-refractivity contribution in [1.29, 1.82) is 0 Å². The normalized spacial score (nSPS) is 11.1. The fraction of sp³-hybridized carbons (Fsp3) is 0.172. The van der Waals surface area contributed by atoms with E-state index in [2.05, 4.69) is 4.98 Å². The van der Waals surface area contributed by atoms with E-state index in [-0.39, 0.29) is 18.3 Å². The van der Waals surface area contributed by atoms with Crippen LogP contribution < -0.4 is 15.2 Å². The Labute approximate surface area is 207 Å². The second kappa shape index (κ2) is 10.5. The first kappa shape index (κ1) is 23.4. The third kappa shape index (κ3) is 5.00. The van der Waals surface area contributed by atoms with Crippen molar-refractivity contribution in [2.45, 2.75) is 33.0 Å². The Morgan fingerprint density at radius 1 is 0.889 bits per heavy atom. The van der Waals surface area contributed by atoms with Gasteiger partial charge in [-0.1, -0.05) is 74.0 Å². The number of aryl methyl sites for hydroxylation is 1. The summed E-state index contributed by atoms with van der Waals surface area (Å²) < 4.78 is 33.5. The van der Waals surface area contributed by atoms with Gasteiger partial charge in [0.05, 0.1) is 5.52 Å². The van der Waals surface area contributed by atoms with Crippen molar-refractivity contribution in [3.8, 4) is 17.4 Å². The van der Waals surface area contributed by atoms with E-state index in [0.717, 1.165) is 17.5 Å². The molecule has 36 heavy (non-hydrogen) atoms. The zero-order valence-corrected chi connectivity index (χ0v) is 19.8. The van der Waals surface area contributed by atoms with Crippen LogP contribution in [0.5, 0.6) is 11.8 Å². The zero-order chi connectivity index (χ0) is 24.9. The smallest absolute Gasteiger partial charge is 0.424 e. The Balaban J connectivity index is 1.54. The lowest BCUT2D eigenvalue weighted by atomic mass is 10.1. The molecule has 5 rings (SSSR count). The maximum atomic E-state index is 14.8. The molecule has 0 spiro atoms. The van der Waals surface area contributed by atoms with E-state index < -0.39 is 5.76 Å². The van der Waals surface area contributed by atoms with Gasteiger partial charge in [0, 0.05) is 12.1 Å². The molecular formula is C29H25FN2O4. The first-order valence-electron chi connectivity index (χ1n) is 11.8. The Hall–Kier alpha value is -4.39. The highest BCUT2D eigenvalue weighted by molar-refractivity contribution is 5.76. The minimum absolute atomic E-state index is 0.173. The molecular weight excluding hydrogens is 459 g/mol. The lowest BCUT2D eigenvalue weighted by molar-refractivity contribution is 0.267. The standard InChI is InChI=1S/C29H25FN2O4/c1-2-9-22-16-26-25(17-23(22)30)32(29(33)36-26)24-14-15-27(34-18-20-10-5-3-6-11-20)31-28(24)35-19-21-12-7-4-8-13-21/h3-8,10-17H,2,9,18-19H2,1H3. The van der Waals surface area contributed by atoms with Gasteiger partial charge < -0.3 is 13.9 Å². The highest BCUT2D eigenvalue weighted by Crippen LogP contribution is 2.29. The van der Waals surface area contributed by atoms with Crippen LogP contribution in [0.2, 0.25) is 0 Å². The molecule has 0 amide bonds. The fourth-order valence-corrected chi connectivity index (χ4v) is 4.00. The number of ether oxygens (including phenoxy) is 2. The molecule has 0 fully saturated rings. The number of rotatable bonds is 9. The van der Waals surface area contributed by atoms with Crippen LogP contribution in [0.1, 0.15) is 30.0 Å². The molecule has 0 radical (unpaired) electrons. The fourth-order valence-electron chi connectivity index (χ4n) is 4.00. The van der Waals surface area contributed by atoms with Crippen LogP contribution in [0, 0.1) is 5.82 Å². The summed E-state index contributed by atoms with van der Waals surface area (Å²) in [5.41, 5.74) is 3.38. The molecule has 0 aliphatic rings. The van der Waals surface area contributed by atoms with Gasteiger partial charge in [-0.05, 0) is 35.2 Å². The molecule has 0 unspecified atom stereocenters. The van der Waals surface area contributed by atoms with Gasteiger partial charge in [0.25, 0.3) is 0 Å². The van der Waals surface area contributed by atoms with Gasteiger partial charge in [-0.25, -0.2) is 13.8 Å². The summed E-state index contributed by atoms with van der Waals surface area (Å²) >= 11 is 0. The molecule has 0 N–H and O–H groups in total. The third-order valence-corrected chi connectivity index (χ3v) is 5.77. The summed E-state index contributed by atoms with van der Waals surface area (Å²) in [6, 6.07) is 25.6.